The molecule has 0 N–H and O–H groups in total. The Bertz CT molecular complexity index is 3270. The molecule has 139 heavy (non-hydrogen) atoms. The molecule has 18 unspecified atom stereocenters. The second kappa shape index (κ2) is 74.6. The summed E-state index contributed by atoms with van der Waals surface area (Å²) in [5.41, 5.74) is 10.4. The van der Waals surface area contributed by atoms with Gasteiger partial charge in [-0.1, -0.05) is 436 Å². The Kier molecular flexibility index (Phi) is 76.5. The Balaban J connectivity index is 0.00000157. The molecule has 802 valence electrons. The standard InChI is InChI=1S/C26H40.C22H32.C18H24.C16H28.C10H20.3C9H18.8CH3.8ClH.4Zr/c1-25(2,3)20-14-19(15-21(16-20)26(4,5)6)24-22-11-7-9-17(22)13-18-10-8-12-23(18)24;1-22(2,3)18-12-10-15(11-13-18)21-19-8-4-6-16(19)14-17-7-5-9-20(17)21;1-2-6-13(7-3-1)18-16-10-4-8-14(16)12-15-9-5-11-17(15)18;1-10(2)16-14-6-4-5-12(14)9-13-7-11(3)8-15(13)16;1-6-7(2)9(4)10(5)8(6)3;3*1-2-3-6-9-7-4-5-8-9;;;;;;;;;;;;;;;;;;;;/h14-18,22-24H,7-13H2,1-6H3;10-13,16-17,19-21H,4-9,14H2,1-3H3;1-3,6-7,14-18H,4-5,8-12H2;10-16H,4-9H2,1-3H3;6-10H,1-5H3;3*9H,2-8H2,1H3;8*1H3;8*1H;;;;/q;;;;;;;;8*-1;;;;;;;;;4*+4/p-8. The van der Waals surface area contributed by atoms with Gasteiger partial charge in [-0.3, -0.25) is 0 Å². The van der Waals surface area contributed by atoms with E-state index in [1.54, 1.807) is 79.2 Å². The fraction of sp³-hybridized carbons (Fsp3) is 0.795. The van der Waals surface area contributed by atoms with Crippen LogP contribution in [0.15, 0.2) is 72.8 Å². The molecule has 18 atom stereocenters. The SMILES string of the molecule is CC(C)(C)c1cc(C2C3CCCC3CC3CCCC32)cc(C(C)(C)C)c1.CC(C)(C)c1ccc(C2C3CCCC3CC3CCCC32)cc1.CC1C(C)C(C)C(C)C1C.CC1CC2CC3CCCC3C(C(C)C)C2C1.CCCCC1CCCC1.CCCCC1CCCC1.CCCCC1CCCC1.[CH3-].[CH3-].[CH3-].[CH3-].[CH3-].[CH3-].[CH3-].[CH3-].[Cl][Zr+2][Cl].[Cl][Zr+2][Cl].[Cl][Zr+2][Cl].[Cl][Zr+2][Cl].c1ccc(C2C3CCCC3CC3CCCC32)cc1. The smallest absolute Gasteiger partial charge is 0.01000 e. The summed E-state index contributed by atoms with van der Waals surface area (Å²) in [7, 11) is 39.5. The normalized spacial score (nSPS) is 32.3. The van der Waals surface area contributed by atoms with Crippen molar-refractivity contribution in [2.24, 2.45) is 160 Å². The van der Waals surface area contributed by atoms with E-state index in [0.29, 0.717) is 0 Å². The second-order valence-corrected chi connectivity index (χ2v) is 64.8. The van der Waals surface area contributed by atoms with Crippen LogP contribution in [-0.4, -0.2) is 0 Å². The minimum Gasteiger partial charge on any atom is -0.0622 e. The largest absolute Gasteiger partial charge is 0.0622 e. The molecular formula is C127H222Cl8Zr4. The monoisotopic (exact) mass is 2390 g/mol. The van der Waals surface area contributed by atoms with Crippen LogP contribution in [0.5, 0.6) is 0 Å². The summed E-state index contributed by atoms with van der Waals surface area (Å²) in [6.07, 6.45) is 72.4. The fourth-order valence-electron chi connectivity index (χ4n) is 31.7. The van der Waals surface area contributed by atoms with Crippen LogP contribution in [0.3, 0.4) is 0 Å². The summed E-state index contributed by atoms with van der Waals surface area (Å²) in [6.45, 7) is 47.6. The zero-order valence-corrected chi connectivity index (χ0v) is 112. The molecule has 0 spiro atoms. The van der Waals surface area contributed by atoms with Crippen LogP contribution in [0, 0.1) is 219 Å². The molecule has 0 amide bonds. The van der Waals surface area contributed by atoms with Gasteiger partial charge in [0.25, 0.3) is 0 Å². The summed E-state index contributed by atoms with van der Waals surface area (Å²) in [5, 5.41) is 0. The van der Waals surface area contributed by atoms with E-state index in [1.807, 2.05) is 0 Å². The molecular weight excluding hydrogens is 2170 g/mol. The zero-order valence-electron chi connectivity index (χ0n) is 95.7. The van der Waals surface area contributed by atoms with Crippen molar-refractivity contribution in [1.82, 2.24) is 0 Å². The van der Waals surface area contributed by atoms with Gasteiger partial charge in [0.1, 0.15) is 0 Å². The number of rotatable bonds is 13. The number of benzene rings is 3. The Morgan fingerprint density at radius 3 is 0.770 bits per heavy atom. The number of halogens is 8. The third kappa shape index (κ3) is 43.9. The van der Waals surface area contributed by atoms with E-state index in [0.717, 1.165) is 178 Å². The van der Waals surface area contributed by atoms with Crippen molar-refractivity contribution < 1.29 is 83.4 Å². The van der Waals surface area contributed by atoms with E-state index in [1.165, 1.54) is 262 Å². The van der Waals surface area contributed by atoms with Crippen molar-refractivity contribution >= 4 is 68.1 Å². The topological polar surface area (TPSA) is 0 Å². The van der Waals surface area contributed by atoms with Crippen molar-refractivity contribution in [3.05, 3.63) is 166 Å². The predicted octanol–water partition coefficient (Wildman–Crippen LogP) is 46.0. The van der Waals surface area contributed by atoms with E-state index in [9.17, 15) is 0 Å². The van der Waals surface area contributed by atoms with Crippen molar-refractivity contribution in [2.75, 3.05) is 0 Å². The molecule has 19 rings (SSSR count). The first-order valence-electron chi connectivity index (χ1n) is 56.0. The first-order valence-corrected chi connectivity index (χ1v) is 81.3. The van der Waals surface area contributed by atoms with Gasteiger partial charge in [0.2, 0.25) is 0 Å². The first-order chi connectivity index (χ1) is 62.8. The number of fused-ring (bicyclic) bond motifs is 8. The van der Waals surface area contributed by atoms with Gasteiger partial charge in [0.05, 0.1) is 0 Å². The molecule has 0 aromatic heterocycles. The second-order valence-electron chi connectivity index (χ2n) is 49.9. The van der Waals surface area contributed by atoms with Crippen LogP contribution in [0.1, 0.15) is 498 Å². The van der Waals surface area contributed by atoms with Crippen LogP contribution in [0.25, 0.3) is 0 Å². The molecule has 0 nitrogen and oxygen atoms in total. The maximum atomic E-state index is 4.93. The van der Waals surface area contributed by atoms with Gasteiger partial charge in [0.15, 0.2) is 0 Å². The van der Waals surface area contributed by atoms with Gasteiger partial charge in [-0.05, 0) is 311 Å². The maximum Gasteiger partial charge on any atom is -0.01000 e. The molecule has 0 aliphatic heterocycles. The van der Waals surface area contributed by atoms with Gasteiger partial charge in [0, 0.05) is 0 Å². The van der Waals surface area contributed by atoms with Crippen LogP contribution >= 0.6 is 68.1 Å². The summed E-state index contributed by atoms with van der Waals surface area (Å²) in [5.74, 6) is 30.4. The molecule has 16 aliphatic rings. The van der Waals surface area contributed by atoms with Crippen LogP contribution in [0.4, 0.5) is 0 Å². The van der Waals surface area contributed by atoms with E-state index in [4.69, 9.17) is 68.1 Å². The third-order valence-corrected chi connectivity index (χ3v) is 38.8. The van der Waals surface area contributed by atoms with Crippen molar-refractivity contribution in [2.45, 2.75) is 481 Å². The zero-order chi connectivity index (χ0) is 95.5. The van der Waals surface area contributed by atoms with Crippen LogP contribution in [0.2, 0.25) is 0 Å². The Morgan fingerprint density at radius 1 is 0.266 bits per heavy atom. The number of unbranched alkanes of at least 4 members (excludes halogenated alkanes) is 3. The Hall–Kier alpha value is 3.51. The van der Waals surface area contributed by atoms with Crippen molar-refractivity contribution in [3.8, 4) is 0 Å². The summed E-state index contributed by atoms with van der Waals surface area (Å²) >= 11 is -3.30. The van der Waals surface area contributed by atoms with Crippen molar-refractivity contribution in [3.63, 3.8) is 0 Å². The quantitative estimate of drug-likeness (QED) is 0.150. The Labute approximate surface area is 946 Å². The predicted molar refractivity (Wildman–Crippen MR) is 620 cm³/mol. The molecule has 16 fully saturated rings. The molecule has 16 saturated carbocycles. The molecule has 0 heterocycles. The van der Waals surface area contributed by atoms with E-state index >= 15 is 0 Å². The summed E-state index contributed by atoms with van der Waals surface area (Å²) < 4.78 is 0. The number of hydrogen-bond acceptors (Lipinski definition) is 0. The van der Waals surface area contributed by atoms with Gasteiger partial charge in [-0.25, -0.2) is 0 Å². The van der Waals surface area contributed by atoms with E-state index < -0.39 is 83.4 Å². The molecule has 3 aromatic rings. The molecule has 16 aliphatic carbocycles. The van der Waals surface area contributed by atoms with Gasteiger partial charge in [-0.15, -0.1) is 0 Å². The van der Waals surface area contributed by atoms with Crippen LogP contribution in [-0.2, 0) is 99.6 Å². The van der Waals surface area contributed by atoms with Crippen LogP contribution < -0.4 is 0 Å². The summed E-state index contributed by atoms with van der Waals surface area (Å²) in [4.78, 5) is 0. The average Bonchev–Trinajstić information content (AvgIpc) is 1.64. The minimum atomic E-state index is -0.826. The van der Waals surface area contributed by atoms with E-state index in [-0.39, 0.29) is 75.7 Å². The molecule has 0 radical (unpaired) electrons. The first kappa shape index (κ1) is 143. The number of hydrogen-bond donors (Lipinski definition) is 0. The third-order valence-electron chi connectivity index (χ3n) is 38.8. The van der Waals surface area contributed by atoms with Gasteiger partial charge in [-0.2, -0.15) is 0 Å². The molecule has 0 saturated heterocycles. The summed E-state index contributed by atoms with van der Waals surface area (Å²) in [6, 6.07) is 29.0. The maximum absolute atomic E-state index is 4.93. The molecule has 3 aromatic carbocycles. The molecule has 12 heteroatoms. The van der Waals surface area contributed by atoms with E-state index in [2.05, 4.69) is 211 Å². The average molecular weight is 2400 g/mol. The Morgan fingerprint density at radius 2 is 0.511 bits per heavy atom. The van der Waals surface area contributed by atoms with Gasteiger partial charge < -0.3 is 59.4 Å². The molecule has 0 bridgehead atoms. The van der Waals surface area contributed by atoms with Crippen molar-refractivity contribution in [1.29, 1.82) is 0 Å². The minimum absolute atomic E-state index is 0. The fourth-order valence-corrected chi connectivity index (χ4v) is 31.7. The van der Waals surface area contributed by atoms with Gasteiger partial charge >= 0.3 is 151 Å².